The molecule has 0 radical (unpaired) electrons. The first-order chi connectivity index (χ1) is 15.9. The fraction of sp³-hybridized carbons (Fsp3) is 0.480. The maximum atomic E-state index is 13.2. The van der Waals surface area contributed by atoms with Gasteiger partial charge in [-0.3, -0.25) is 9.79 Å². The second-order valence-corrected chi connectivity index (χ2v) is 7.88. The molecule has 1 saturated heterocycles. The van der Waals surface area contributed by atoms with Crippen LogP contribution in [0.25, 0.3) is 0 Å². The quantitative estimate of drug-likeness (QED) is 0.499. The van der Waals surface area contributed by atoms with E-state index in [1.54, 1.807) is 44.6 Å². The molecule has 178 valence electrons. The molecule has 1 fully saturated rings. The van der Waals surface area contributed by atoms with Gasteiger partial charge in [0.1, 0.15) is 5.82 Å². The molecule has 2 heterocycles. The first kappa shape index (κ1) is 26.1. The predicted octanol–water partition coefficient (Wildman–Crippen LogP) is 4.31. The molecular weight excluding hydrogens is 419 g/mol. The number of benzene rings is 1. The van der Waals surface area contributed by atoms with Crippen molar-refractivity contribution in [2.24, 2.45) is 9.98 Å². The van der Waals surface area contributed by atoms with Crippen LogP contribution in [0.4, 0.5) is 10.3 Å². The van der Waals surface area contributed by atoms with Crippen LogP contribution in [0.15, 0.2) is 46.6 Å². The average Bonchev–Trinajstić information content (AvgIpc) is 2.85. The second kappa shape index (κ2) is 13.4. The molecule has 1 aliphatic rings. The summed E-state index contributed by atoms with van der Waals surface area (Å²) in [6.07, 6.45) is 6.09. The van der Waals surface area contributed by atoms with Gasteiger partial charge in [0.05, 0.1) is 0 Å². The highest BCUT2D eigenvalue weighted by Gasteiger charge is 2.21. The fourth-order valence-corrected chi connectivity index (χ4v) is 3.46. The minimum absolute atomic E-state index is 0.196. The first-order valence-corrected chi connectivity index (χ1v) is 11.5. The van der Waals surface area contributed by atoms with Crippen molar-refractivity contribution >= 4 is 23.4 Å². The zero-order valence-corrected chi connectivity index (χ0v) is 20.4. The summed E-state index contributed by atoms with van der Waals surface area (Å²) in [5, 5.41) is 0. The number of aliphatic imine (C=N–C) groups is 2. The van der Waals surface area contributed by atoms with Crippen molar-refractivity contribution in [3.05, 3.63) is 53.6 Å². The smallest absolute Gasteiger partial charge is 0.225 e. The number of piperazine rings is 1. The van der Waals surface area contributed by atoms with Gasteiger partial charge in [-0.2, -0.15) is 0 Å². The summed E-state index contributed by atoms with van der Waals surface area (Å²) in [5.74, 6) is 1.46. The molecule has 0 saturated carbocycles. The Bertz CT molecular complexity index is 953. The van der Waals surface area contributed by atoms with E-state index >= 15 is 0 Å². The third-order valence-electron chi connectivity index (χ3n) is 5.31. The lowest BCUT2D eigenvalue weighted by atomic mass is 10.1. The van der Waals surface area contributed by atoms with Crippen molar-refractivity contribution < 1.29 is 9.18 Å². The number of hydrogen-bond donors (Lipinski definition) is 0. The van der Waals surface area contributed by atoms with Crippen LogP contribution >= 0.6 is 0 Å². The SMILES string of the molecule is CCC(=O)N1CCN(c2ncccn2)CC1.CCCC(C)=NC(=NC)c1ccc(F)c(C)c1. The zero-order valence-electron chi connectivity index (χ0n) is 20.4. The van der Waals surface area contributed by atoms with Crippen LogP contribution in [0.2, 0.25) is 0 Å². The largest absolute Gasteiger partial charge is 0.339 e. The number of anilines is 1. The van der Waals surface area contributed by atoms with E-state index in [0.29, 0.717) is 17.8 Å². The third-order valence-corrected chi connectivity index (χ3v) is 5.31. The van der Waals surface area contributed by atoms with E-state index in [9.17, 15) is 9.18 Å². The van der Waals surface area contributed by atoms with Gasteiger partial charge in [0, 0.05) is 63.3 Å². The van der Waals surface area contributed by atoms with Crippen molar-refractivity contribution in [3.8, 4) is 0 Å². The summed E-state index contributed by atoms with van der Waals surface area (Å²) in [7, 11) is 1.71. The standard InChI is InChI=1S/C14H19FN2.C11H16N4O/c1-5-6-11(3)17-14(16-4)12-7-8-13(15)10(2)9-12;1-2-10(16)14-6-8-15(9-7-14)11-12-4-3-5-13-11/h7-9H,5-6H2,1-4H3;3-5H,2,6-9H2,1H3. The number of carbonyl (C=O) groups is 1. The lowest BCUT2D eigenvalue weighted by molar-refractivity contribution is -0.131. The van der Waals surface area contributed by atoms with Crippen LogP contribution in [0.5, 0.6) is 0 Å². The van der Waals surface area contributed by atoms with Gasteiger partial charge < -0.3 is 9.80 Å². The minimum Gasteiger partial charge on any atom is -0.339 e. The molecule has 0 spiro atoms. The number of carbonyl (C=O) groups excluding carboxylic acids is 1. The van der Waals surface area contributed by atoms with E-state index in [1.165, 1.54) is 6.07 Å². The summed E-state index contributed by atoms with van der Waals surface area (Å²) in [6, 6.07) is 6.76. The number of aromatic nitrogens is 2. The summed E-state index contributed by atoms with van der Waals surface area (Å²) >= 11 is 0. The number of rotatable bonds is 5. The topological polar surface area (TPSA) is 74.1 Å². The Hall–Kier alpha value is -3.16. The summed E-state index contributed by atoms with van der Waals surface area (Å²) in [5.41, 5.74) is 2.53. The number of aryl methyl sites for hydroxylation is 1. The van der Waals surface area contributed by atoms with Gasteiger partial charge in [-0.1, -0.05) is 20.3 Å². The Morgan fingerprint density at radius 1 is 1.12 bits per heavy atom. The molecule has 2 aromatic rings. The lowest BCUT2D eigenvalue weighted by Crippen LogP contribution is -2.49. The molecule has 1 amide bonds. The molecule has 0 N–H and O–H groups in total. The van der Waals surface area contributed by atoms with E-state index in [-0.39, 0.29) is 11.7 Å². The average molecular weight is 455 g/mol. The predicted molar refractivity (Wildman–Crippen MR) is 133 cm³/mol. The summed E-state index contributed by atoms with van der Waals surface area (Å²) in [4.78, 5) is 32.5. The highest BCUT2D eigenvalue weighted by atomic mass is 19.1. The van der Waals surface area contributed by atoms with Crippen LogP contribution in [0.3, 0.4) is 0 Å². The monoisotopic (exact) mass is 454 g/mol. The number of amidine groups is 1. The van der Waals surface area contributed by atoms with Gasteiger partial charge >= 0.3 is 0 Å². The van der Waals surface area contributed by atoms with Gasteiger partial charge in [0.2, 0.25) is 11.9 Å². The Labute approximate surface area is 196 Å². The van der Waals surface area contributed by atoms with Crippen LogP contribution < -0.4 is 4.90 Å². The Kier molecular flexibility index (Phi) is 10.6. The van der Waals surface area contributed by atoms with Crippen molar-refractivity contribution in [2.75, 3.05) is 38.1 Å². The van der Waals surface area contributed by atoms with Crippen LogP contribution in [0, 0.1) is 12.7 Å². The molecule has 1 aromatic carbocycles. The molecule has 1 aliphatic heterocycles. The molecule has 7 nitrogen and oxygen atoms in total. The van der Waals surface area contributed by atoms with E-state index in [2.05, 4.69) is 31.8 Å². The maximum absolute atomic E-state index is 13.2. The number of nitrogens with zero attached hydrogens (tertiary/aromatic N) is 6. The lowest BCUT2D eigenvalue weighted by Gasteiger charge is -2.34. The number of amides is 1. The van der Waals surface area contributed by atoms with Gasteiger partial charge in [0.15, 0.2) is 5.84 Å². The van der Waals surface area contributed by atoms with Crippen LogP contribution in [-0.2, 0) is 4.79 Å². The van der Waals surface area contributed by atoms with Gasteiger partial charge in [-0.05, 0) is 50.1 Å². The fourth-order valence-electron chi connectivity index (χ4n) is 3.46. The number of hydrogen-bond acceptors (Lipinski definition) is 5. The van der Waals surface area contributed by atoms with E-state index in [0.717, 1.165) is 56.2 Å². The van der Waals surface area contributed by atoms with Crippen LogP contribution in [0.1, 0.15) is 51.2 Å². The van der Waals surface area contributed by atoms with Crippen molar-refractivity contribution in [2.45, 2.75) is 47.0 Å². The molecule has 0 aliphatic carbocycles. The molecule has 0 bridgehead atoms. The van der Waals surface area contributed by atoms with E-state index in [4.69, 9.17) is 0 Å². The van der Waals surface area contributed by atoms with Crippen molar-refractivity contribution in [1.29, 1.82) is 0 Å². The molecular formula is C25H35FN6O. The highest BCUT2D eigenvalue weighted by Crippen LogP contribution is 2.12. The van der Waals surface area contributed by atoms with Gasteiger partial charge in [-0.25, -0.2) is 19.4 Å². The first-order valence-electron chi connectivity index (χ1n) is 11.5. The van der Waals surface area contributed by atoms with Gasteiger partial charge in [-0.15, -0.1) is 0 Å². The van der Waals surface area contributed by atoms with Crippen molar-refractivity contribution in [3.63, 3.8) is 0 Å². The Morgan fingerprint density at radius 2 is 1.79 bits per heavy atom. The van der Waals surface area contributed by atoms with Crippen molar-refractivity contribution in [1.82, 2.24) is 14.9 Å². The molecule has 3 rings (SSSR count). The summed E-state index contributed by atoms with van der Waals surface area (Å²) in [6.45, 7) is 10.9. The maximum Gasteiger partial charge on any atom is 0.225 e. The Morgan fingerprint density at radius 3 is 2.33 bits per heavy atom. The Balaban J connectivity index is 0.000000234. The van der Waals surface area contributed by atoms with Gasteiger partial charge in [0.25, 0.3) is 0 Å². The third kappa shape index (κ3) is 8.04. The van der Waals surface area contributed by atoms with Crippen LogP contribution in [-0.4, -0.2) is 65.5 Å². The zero-order chi connectivity index (χ0) is 24.2. The minimum atomic E-state index is -0.196. The molecule has 0 atom stereocenters. The molecule has 0 unspecified atom stereocenters. The number of halogens is 1. The van der Waals surface area contributed by atoms with E-state index < -0.39 is 0 Å². The normalized spacial score (nSPS) is 14.6. The second-order valence-electron chi connectivity index (χ2n) is 7.88. The molecule has 8 heteroatoms. The summed E-state index contributed by atoms with van der Waals surface area (Å²) < 4.78 is 13.2. The molecule has 33 heavy (non-hydrogen) atoms. The highest BCUT2D eigenvalue weighted by molar-refractivity contribution is 6.06. The van der Waals surface area contributed by atoms with E-state index in [1.807, 2.05) is 18.7 Å². The molecule has 1 aromatic heterocycles.